The predicted molar refractivity (Wildman–Crippen MR) is 79.8 cm³/mol. The Balaban J connectivity index is 2.71. The highest BCUT2D eigenvalue weighted by Crippen LogP contribution is 2.28. The lowest BCUT2D eigenvalue weighted by Gasteiger charge is -2.22. The molecule has 1 N–H and O–H groups in total. The van der Waals surface area contributed by atoms with Crippen molar-refractivity contribution in [1.29, 1.82) is 0 Å². The van der Waals surface area contributed by atoms with Crippen LogP contribution in [-0.4, -0.2) is 12.6 Å². The van der Waals surface area contributed by atoms with E-state index < -0.39 is 0 Å². The van der Waals surface area contributed by atoms with E-state index in [9.17, 15) is 0 Å². The highest BCUT2D eigenvalue weighted by Gasteiger charge is 2.11. The molecule has 2 nitrogen and oxygen atoms in total. The van der Waals surface area contributed by atoms with Crippen molar-refractivity contribution in [3.05, 3.63) is 23.2 Å². The molecule has 102 valence electrons. The fourth-order valence-electron chi connectivity index (χ4n) is 1.87. The summed E-state index contributed by atoms with van der Waals surface area (Å²) in [5.74, 6) is 1.37. The maximum absolute atomic E-state index is 6.21. The number of rotatable bonds is 7. The Labute approximate surface area is 116 Å². The van der Waals surface area contributed by atoms with Crippen LogP contribution >= 0.6 is 11.6 Å². The van der Waals surface area contributed by atoms with Crippen molar-refractivity contribution >= 4 is 17.3 Å². The number of nitrogens with one attached hydrogen (secondary N) is 1. The van der Waals surface area contributed by atoms with Crippen LogP contribution in [0.3, 0.4) is 0 Å². The average Bonchev–Trinajstić information content (AvgIpc) is 2.34. The third-order valence-corrected chi connectivity index (χ3v) is 3.29. The summed E-state index contributed by atoms with van der Waals surface area (Å²) in [7, 11) is 0. The monoisotopic (exact) mass is 269 g/mol. The van der Waals surface area contributed by atoms with Gasteiger partial charge in [0.2, 0.25) is 0 Å². The highest BCUT2D eigenvalue weighted by atomic mass is 35.5. The van der Waals surface area contributed by atoms with Crippen LogP contribution in [0.15, 0.2) is 18.2 Å². The van der Waals surface area contributed by atoms with Gasteiger partial charge in [0.05, 0.1) is 11.6 Å². The van der Waals surface area contributed by atoms with Crippen LogP contribution in [0, 0.1) is 5.92 Å². The molecular weight excluding hydrogens is 246 g/mol. The van der Waals surface area contributed by atoms with Gasteiger partial charge in [-0.15, -0.1) is 0 Å². The molecule has 0 saturated heterocycles. The second kappa shape index (κ2) is 7.52. The standard InChI is InChI=1S/C15H24ClNO/c1-5-9-18-15-8-7-12(10-13(15)16)17-14(6-2)11(3)4/h7-8,10-11,14,17H,5-6,9H2,1-4H3. The maximum atomic E-state index is 6.21. The second-order valence-corrected chi connectivity index (χ2v) is 5.30. The van der Waals surface area contributed by atoms with Gasteiger partial charge in [0, 0.05) is 11.7 Å². The summed E-state index contributed by atoms with van der Waals surface area (Å²) in [6.45, 7) is 9.43. The lowest BCUT2D eigenvalue weighted by molar-refractivity contribution is 0.317. The number of benzene rings is 1. The first-order valence-corrected chi connectivity index (χ1v) is 7.15. The highest BCUT2D eigenvalue weighted by molar-refractivity contribution is 6.32. The molecule has 0 aliphatic carbocycles. The minimum Gasteiger partial charge on any atom is -0.492 e. The third-order valence-electron chi connectivity index (χ3n) is 2.99. The molecule has 0 aliphatic rings. The molecule has 0 heterocycles. The van der Waals surface area contributed by atoms with Crippen LogP contribution in [0.2, 0.25) is 5.02 Å². The van der Waals surface area contributed by atoms with Gasteiger partial charge in [-0.3, -0.25) is 0 Å². The largest absolute Gasteiger partial charge is 0.492 e. The minimum absolute atomic E-state index is 0.475. The molecule has 3 heteroatoms. The molecule has 0 bridgehead atoms. The van der Waals surface area contributed by atoms with Crippen molar-refractivity contribution in [2.75, 3.05) is 11.9 Å². The quantitative estimate of drug-likeness (QED) is 0.754. The van der Waals surface area contributed by atoms with Crippen LogP contribution in [0.25, 0.3) is 0 Å². The summed E-state index contributed by atoms with van der Waals surface area (Å²) in [5, 5.41) is 4.19. The molecule has 1 aromatic carbocycles. The van der Waals surface area contributed by atoms with Gasteiger partial charge in [-0.1, -0.05) is 39.3 Å². The first-order valence-electron chi connectivity index (χ1n) is 6.77. The SMILES string of the molecule is CCCOc1ccc(NC(CC)C(C)C)cc1Cl. The fraction of sp³-hybridized carbons (Fsp3) is 0.600. The summed E-state index contributed by atoms with van der Waals surface area (Å²) in [4.78, 5) is 0. The Hall–Kier alpha value is -0.890. The molecular formula is C15H24ClNO. The number of anilines is 1. The molecule has 1 rings (SSSR count). The molecule has 0 radical (unpaired) electrons. The number of hydrogen-bond donors (Lipinski definition) is 1. The summed E-state index contributed by atoms with van der Waals surface area (Å²) in [5.41, 5.74) is 1.06. The van der Waals surface area contributed by atoms with E-state index in [1.165, 1.54) is 0 Å². The van der Waals surface area contributed by atoms with Gasteiger partial charge in [-0.25, -0.2) is 0 Å². The number of halogens is 1. The molecule has 0 spiro atoms. The van der Waals surface area contributed by atoms with Gasteiger partial charge in [0.15, 0.2) is 0 Å². The van der Waals surface area contributed by atoms with E-state index in [0.29, 0.717) is 23.6 Å². The normalized spacial score (nSPS) is 12.6. The van der Waals surface area contributed by atoms with Crippen LogP contribution in [0.1, 0.15) is 40.5 Å². The Morgan fingerprint density at radius 3 is 2.50 bits per heavy atom. The van der Waals surface area contributed by atoms with Crippen LogP contribution in [0.4, 0.5) is 5.69 Å². The minimum atomic E-state index is 0.475. The number of ether oxygens (including phenoxy) is 1. The Kier molecular flexibility index (Phi) is 6.34. The first kappa shape index (κ1) is 15.2. The number of hydrogen-bond acceptors (Lipinski definition) is 2. The molecule has 0 saturated carbocycles. The molecule has 1 aromatic rings. The molecule has 0 amide bonds. The molecule has 1 unspecified atom stereocenters. The van der Waals surface area contributed by atoms with Crippen molar-refractivity contribution in [3.8, 4) is 5.75 Å². The molecule has 1 atom stereocenters. The Morgan fingerprint density at radius 1 is 1.28 bits per heavy atom. The van der Waals surface area contributed by atoms with Crippen LogP contribution < -0.4 is 10.1 Å². The van der Waals surface area contributed by atoms with Crippen molar-refractivity contribution < 1.29 is 4.74 Å². The topological polar surface area (TPSA) is 21.3 Å². The summed E-state index contributed by atoms with van der Waals surface area (Å²) in [6, 6.07) is 6.39. The maximum Gasteiger partial charge on any atom is 0.138 e. The molecule has 0 aromatic heterocycles. The van der Waals surface area contributed by atoms with E-state index in [1.54, 1.807) is 0 Å². The van der Waals surface area contributed by atoms with E-state index in [-0.39, 0.29) is 0 Å². The van der Waals surface area contributed by atoms with E-state index in [4.69, 9.17) is 16.3 Å². The van der Waals surface area contributed by atoms with E-state index in [2.05, 4.69) is 33.0 Å². The smallest absolute Gasteiger partial charge is 0.138 e. The van der Waals surface area contributed by atoms with Crippen LogP contribution in [-0.2, 0) is 0 Å². The van der Waals surface area contributed by atoms with E-state index in [1.807, 2.05) is 18.2 Å². The van der Waals surface area contributed by atoms with Crippen molar-refractivity contribution in [2.45, 2.75) is 46.6 Å². The average molecular weight is 270 g/mol. The Morgan fingerprint density at radius 2 is 2.00 bits per heavy atom. The Bertz CT molecular complexity index is 366. The third kappa shape index (κ3) is 4.41. The second-order valence-electron chi connectivity index (χ2n) is 4.90. The van der Waals surface area contributed by atoms with Crippen LogP contribution in [0.5, 0.6) is 5.75 Å². The lowest BCUT2D eigenvalue weighted by atomic mass is 10.0. The molecule has 18 heavy (non-hydrogen) atoms. The van der Waals surface area contributed by atoms with Crippen molar-refractivity contribution in [3.63, 3.8) is 0 Å². The van der Waals surface area contributed by atoms with Gasteiger partial charge in [-0.2, -0.15) is 0 Å². The summed E-state index contributed by atoms with van der Waals surface area (Å²) < 4.78 is 5.56. The first-order chi connectivity index (χ1) is 8.58. The van der Waals surface area contributed by atoms with Gasteiger partial charge in [0.25, 0.3) is 0 Å². The zero-order valence-electron chi connectivity index (χ0n) is 11.8. The van der Waals surface area contributed by atoms with E-state index in [0.717, 1.165) is 24.3 Å². The zero-order chi connectivity index (χ0) is 13.5. The van der Waals surface area contributed by atoms with Gasteiger partial charge >= 0.3 is 0 Å². The van der Waals surface area contributed by atoms with Gasteiger partial charge in [-0.05, 0) is 37.0 Å². The summed E-state index contributed by atoms with van der Waals surface area (Å²) in [6.07, 6.45) is 2.09. The fourth-order valence-corrected chi connectivity index (χ4v) is 2.11. The lowest BCUT2D eigenvalue weighted by Crippen LogP contribution is -2.24. The van der Waals surface area contributed by atoms with Gasteiger partial charge < -0.3 is 10.1 Å². The van der Waals surface area contributed by atoms with Crippen molar-refractivity contribution in [1.82, 2.24) is 0 Å². The van der Waals surface area contributed by atoms with Gasteiger partial charge in [0.1, 0.15) is 5.75 Å². The predicted octanol–water partition coefficient (Wildman–Crippen LogP) is 4.98. The zero-order valence-corrected chi connectivity index (χ0v) is 12.6. The van der Waals surface area contributed by atoms with E-state index >= 15 is 0 Å². The van der Waals surface area contributed by atoms with Crippen molar-refractivity contribution in [2.24, 2.45) is 5.92 Å². The molecule has 0 aliphatic heterocycles. The summed E-state index contributed by atoms with van der Waals surface area (Å²) >= 11 is 6.21. The molecule has 0 fully saturated rings.